The molecule has 1 rings (SSSR count). The van der Waals surface area contributed by atoms with E-state index >= 15 is 0 Å². The number of amides is 1. The molecule has 0 radical (unpaired) electrons. The zero-order chi connectivity index (χ0) is 15.0. The highest BCUT2D eigenvalue weighted by Crippen LogP contribution is 2.25. The van der Waals surface area contributed by atoms with Crippen LogP contribution < -0.4 is 0 Å². The number of sulfone groups is 1. The van der Waals surface area contributed by atoms with Gasteiger partial charge >= 0.3 is 12.1 Å². The molecular formula is C11H19NO6S. The molecule has 110 valence electrons. The highest BCUT2D eigenvalue weighted by molar-refractivity contribution is 7.91. The number of carbonyl (C=O) groups is 2. The molecule has 1 amide bonds. The van der Waals surface area contributed by atoms with Crippen molar-refractivity contribution in [3.63, 3.8) is 0 Å². The van der Waals surface area contributed by atoms with E-state index in [1.54, 1.807) is 20.8 Å². The molecule has 19 heavy (non-hydrogen) atoms. The molecule has 0 aliphatic carbocycles. The molecule has 1 fully saturated rings. The third-order valence-corrected chi connectivity index (χ3v) is 4.33. The summed E-state index contributed by atoms with van der Waals surface area (Å²) in [6, 6.07) is -1.16. The zero-order valence-corrected chi connectivity index (χ0v) is 12.2. The fraction of sp³-hybridized carbons (Fsp3) is 0.818. The first-order valence-corrected chi connectivity index (χ1v) is 7.78. The Balaban J connectivity index is 2.92. The van der Waals surface area contributed by atoms with Gasteiger partial charge in [0.05, 0.1) is 5.25 Å². The number of aliphatic carboxylic acids is 1. The van der Waals surface area contributed by atoms with Crippen LogP contribution in [0.4, 0.5) is 4.79 Å². The van der Waals surface area contributed by atoms with Crippen LogP contribution in [0.2, 0.25) is 0 Å². The lowest BCUT2D eigenvalue weighted by Gasteiger charge is -2.26. The van der Waals surface area contributed by atoms with Crippen LogP contribution >= 0.6 is 0 Å². The first-order valence-electron chi connectivity index (χ1n) is 5.83. The molecular weight excluding hydrogens is 274 g/mol. The second-order valence-corrected chi connectivity index (χ2v) is 8.00. The minimum atomic E-state index is -3.39. The number of hydrogen-bond acceptors (Lipinski definition) is 5. The summed E-state index contributed by atoms with van der Waals surface area (Å²) in [4.78, 5) is 24.0. The van der Waals surface area contributed by atoms with Crippen molar-refractivity contribution in [2.24, 2.45) is 0 Å². The number of ether oxygens (including phenoxy) is 1. The lowest BCUT2D eigenvalue weighted by atomic mass is 10.2. The van der Waals surface area contributed by atoms with Crippen LogP contribution in [0, 0.1) is 0 Å². The predicted octanol–water partition coefficient (Wildman–Crippen LogP) is 0.494. The highest BCUT2D eigenvalue weighted by Gasteiger charge is 2.45. The number of carboxylic acid groups (broad SMARTS) is 1. The van der Waals surface area contributed by atoms with Gasteiger partial charge in [-0.3, -0.25) is 4.90 Å². The highest BCUT2D eigenvalue weighted by atomic mass is 32.2. The van der Waals surface area contributed by atoms with Crippen LogP contribution in [-0.4, -0.2) is 60.2 Å². The summed E-state index contributed by atoms with van der Waals surface area (Å²) in [6.07, 6.45) is 0.133. The molecule has 0 saturated carbocycles. The maximum Gasteiger partial charge on any atom is 0.411 e. The largest absolute Gasteiger partial charge is 0.480 e. The Bertz CT molecular complexity index is 478. The average Bonchev–Trinajstić information content (AvgIpc) is 2.57. The topological polar surface area (TPSA) is 101 Å². The first-order chi connectivity index (χ1) is 8.42. The van der Waals surface area contributed by atoms with Gasteiger partial charge in [0, 0.05) is 12.8 Å². The summed E-state index contributed by atoms with van der Waals surface area (Å²) >= 11 is 0. The molecule has 7 nitrogen and oxygen atoms in total. The molecule has 0 aromatic heterocycles. The van der Waals surface area contributed by atoms with Crippen molar-refractivity contribution in [3.05, 3.63) is 0 Å². The Labute approximate surface area is 112 Å². The molecule has 1 saturated heterocycles. The van der Waals surface area contributed by atoms with Gasteiger partial charge in [-0.05, 0) is 27.2 Å². The minimum absolute atomic E-state index is 0.104. The van der Waals surface area contributed by atoms with E-state index in [1.165, 1.54) is 0 Å². The van der Waals surface area contributed by atoms with Gasteiger partial charge in [-0.1, -0.05) is 0 Å². The van der Waals surface area contributed by atoms with E-state index in [0.717, 1.165) is 11.2 Å². The summed E-state index contributed by atoms with van der Waals surface area (Å²) in [6.45, 7) is 4.82. The molecule has 0 aromatic carbocycles. The monoisotopic (exact) mass is 293 g/mol. The van der Waals surface area contributed by atoms with Gasteiger partial charge in [-0.25, -0.2) is 18.0 Å². The molecule has 0 spiro atoms. The molecule has 0 bridgehead atoms. The number of rotatable bonds is 2. The van der Waals surface area contributed by atoms with Gasteiger partial charge < -0.3 is 9.84 Å². The maximum absolute atomic E-state index is 11.9. The second kappa shape index (κ2) is 4.99. The number of hydrogen-bond donors (Lipinski definition) is 1. The third-order valence-electron chi connectivity index (χ3n) is 2.78. The molecule has 0 aromatic rings. The summed E-state index contributed by atoms with van der Waals surface area (Å²) in [5.74, 6) is -1.22. The quantitative estimate of drug-likeness (QED) is 0.795. The fourth-order valence-corrected chi connectivity index (χ4v) is 2.83. The van der Waals surface area contributed by atoms with Crippen LogP contribution in [0.25, 0.3) is 0 Å². The van der Waals surface area contributed by atoms with E-state index in [2.05, 4.69) is 0 Å². The van der Waals surface area contributed by atoms with Crippen molar-refractivity contribution in [2.45, 2.75) is 44.1 Å². The Hall–Kier alpha value is -1.31. The summed E-state index contributed by atoms with van der Waals surface area (Å²) in [5, 5.41) is 8.21. The van der Waals surface area contributed by atoms with E-state index in [1.807, 2.05) is 0 Å². The standard InChI is InChI=1S/C11H19NO6S/c1-11(2,3)18-10(15)12-6-7(19(4,16)17)5-8(12)9(13)14/h7-8H,5-6H2,1-4H3,(H,13,14). The Morgan fingerprint density at radius 1 is 1.32 bits per heavy atom. The van der Waals surface area contributed by atoms with E-state index < -0.39 is 38.8 Å². The normalized spacial score (nSPS) is 24.3. The van der Waals surface area contributed by atoms with Gasteiger partial charge in [0.15, 0.2) is 9.84 Å². The van der Waals surface area contributed by atoms with E-state index in [-0.39, 0.29) is 13.0 Å². The number of carboxylic acids is 1. The van der Waals surface area contributed by atoms with Gasteiger partial charge in [0.25, 0.3) is 0 Å². The van der Waals surface area contributed by atoms with Gasteiger partial charge in [-0.2, -0.15) is 0 Å². The third kappa shape index (κ3) is 4.09. The fourth-order valence-electron chi connectivity index (χ4n) is 1.86. The molecule has 8 heteroatoms. The van der Waals surface area contributed by atoms with E-state index in [0.29, 0.717) is 0 Å². The Kier molecular flexibility index (Phi) is 4.14. The van der Waals surface area contributed by atoms with E-state index in [4.69, 9.17) is 9.84 Å². The van der Waals surface area contributed by atoms with Gasteiger partial charge in [0.2, 0.25) is 0 Å². The number of carbonyl (C=O) groups excluding carboxylic acids is 1. The van der Waals surface area contributed by atoms with Gasteiger partial charge in [0.1, 0.15) is 11.6 Å². The molecule has 1 N–H and O–H groups in total. The van der Waals surface area contributed by atoms with Crippen LogP contribution in [0.5, 0.6) is 0 Å². The second-order valence-electron chi connectivity index (χ2n) is 5.67. The predicted molar refractivity (Wildman–Crippen MR) is 67.6 cm³/mol. The molecule has 1 heterocycles. The SMILES string of the molecule is CC(C)(C)OC(=O)N1CC(S(C)(=O)=O)CC1C(=O)O. The molecule has 2 atom stereocenters. The van der Waals surface area contributed by atoms with Crippen LogP contribution in [0.1, 0.15) is 27.2 Å². The van der Waals surface area contributed by atoms with Crippen molar-refractivity contribution in [2.75, 3.05) is 12.8 Å². The summed E-state index contributed by atoms with van der Waals surface area (Å²) < 4.78 is 28.1. The zero-order valence-electron chi connectivity index (χ0n) is 11.4. The average molecular weight is 293 g/mol. The lowest BCUT2D eigenvalue weighted by molar-refractivity contribution is -0.142. The van der Waals surface area contributed by atoms with Crippen molar-refractivity contribution in [3.8, 4) is 0 Å². The minimum Gasteiger partial charge on any atom is -0.480 e. The van der Waals surface area contributed by atoms with Gasteiger partial charge in [-0.15, -0.1) is 0 Å². The van der Waals surface area contributed by atoms with E-state index in [9.17, 15) is 18.0 Å². The van der Waals surface area contributed by atoms with Crippen molar-refractivity contribution < 1.29 is 27.9 Å². The number of nitrogens with zero attached hydrogens (tertiary/aromatic N) is 1. The smallest absolute Gasteiger partial charge is 0.411 e. The van der Waals surface area contributed by atoms with Crippen LogP contribution in [-0.2, 0) is 19.4 Å². The number of likely N-dealkylation sites (tertiary alicyclic amines) is 1. The summed E-state index contributed by atoms with van der Waals surface area (Å²) in [5.41, 5.74) is -0.761. The lowest BCUT2D eigenvalue weighted by Crippen LogP contribution is -2.43. The molecule has 1 aliphatic heterocycles. The van der Waals surface area contributed by atoms with Crippen molar-refractivity contribution >= 4 is 21.9 Å². The Morgan fingerprint density at radius 3 is 2.21 bits per heavy atom. The maximum atomic E-state index is 11.9. The first kappa shape index (κ1) is 15.7. The molecule has 2 unspecified atom stereocenters. The van der Waals surface area contributed by atoms with Crippen LogP contribution in [0.15, 0.2) is 0 Å². The van der Waals surface area contributed by atoms with Crippen LogP contribution in [0.3, 0.4) is 0 Å². The molecule has 1 aliphatic rings. The Morgan fingerprint density at radius 2 is 1.84 bits per heavy atom. The van der Waals surface area contributed by atoms with Crippen molar-refractivity contribution in [1.29, 1.82) is 0 Å². The summed E-state index contributed by atoms with van der Waals surface area (Å²) in [7, 11) is -3.39. The van der Waals surface area contributed by atoms with Crippen molar-refractivity contribution in [1.82, 2.24) is 4.90 Å².